The first-order valence-corrected chi connectivity index (χ1v) is 14.8. The number of amides is 1. The summed E-state index contributed by atoms with van der Waals surface area (Å²) in [5.74, 6) is 1.90. The van der Waals surface area contributed by atoms with Gasteiger partial charge in [-0.3, -0.25) is 4.79 Å². The van der Waals surface area contributed by atoms with Crippen molar-refractivity contribution >= 4 is 46.0 Å². The number of benzene rings is 2. The first-order valence-electron chi connectivity index (χ1n) is 14.1. The fourth-order valence-electron chi connectivity index (χ4n) is 5.41. The quantitative estimate of drug-likeness (QED) is 0.165. The highest BCUT2D eigenvalue weighted by molar-refractivity contribution is 6.42. The molecule has 3 N–H and O–H groups in total. The fourth-order valence-corrected chi connectivity index (χ4v) is 5.70. The zero-order valence-electron chi connectivity index (χ0n) is 23.4. The number of carbonyl (C=O) groups is 1. The molecule has 0 aliphatic heterocycles. The summed E-state index contributed by atoms with van der Waals surface area (Å²) in [6.45, 7) is 0. The van der Waals surface area contributed by atoms with Crippen LogP contribution in [0.2, 0.25) is 10.0 Å². The normalized spacial score (nSPS) is 18.7. The van der Waals surface area contributed by atoms with Gasteiger partial charge in [-0.2, -0.15) is 10.4 Å². The van der Waals surface area contributed by atoms with Gasteiger partial charge in [0.25, 0.3) is 5.91 Å². The molecular weight excluding hydrogens is 589 g/mol. The number of rotatable bonds is 8. The number of carbonyl (C=O) groups excluding carboxylic acids is 1. The third kappa shape index (κ3) is 6.10. The zero-order valence-corrected chi connectivity index (χ0v) is 24.9. The first kappa shape index (κ1) is 28.8. The van der Waals surface area contributed by atoms with Crippen LogP contribution in [-0.4, -0.2) is 38.8 Å². The van der Waals surface area contributed by atoms with E-state index in [1.54, 1.807) is 37.5 Å². The van der Waals surface area contributed by atoms with Crippen molar-refractivity contribution in [3.05, 3.63) is 64.4 Å². The van der Waals surface area contributed by atoms with Crippen LogP contribution < -0.4 is 20.5 Å². The lowest BCUT2D eigenvalue weighted by Crippen LogP contribution is -2.38. The van der Waals surface area contributed by atoms with Crippen LogP contribution in [0, 0.1) is 17.2 Å². The molecule has 10 nitrogen and oxygen atoms in total. The van der Waals surface area contributed by atoms with Gasteiger partial charge in [0.15, 0.2) is 17.1 Å². The van der Waals surface area contributed by atoms with Gasteiger partial charge in [0.2, 0.25) is 0 Å². The summed E-state index contributed by atoms with van der Waals surface area (Å²) in [6, 6.07) is 12.6. The molecule has 0 spiro atoms. The van der Waals surface area contributed by atoms with Crippen molar-refractivity contribution in [1.82, 2.24) is 25.1 Å². The summed E-state index contributed by atoms with van der Waals surface area (Å²) in [5, 5.41) is 18.9. The van der Waals surface area contributed by atoms with Gasteiger partial charge in [0.05, 0.1) is 28.6 Å². The first-order chi connectivity index (χ1) is 20.8. The van der Waals surface area contributed by atoms with Crippen molar-refractivity contribution in [2.45, 2.75) is 50.6 Å². The molecule has 2 saturated carbocycles. The Morgan fingerprint density at radius 3 is 2.56 bits per heavy atom. The highest BCUT2D eigenvalue weighted by Crippen LogP contribution is 2.40. The number of anilines is 1. The summed E-state index contributed by atoms with van der Waals surface area (Å²) in [4.78, 5) is 21.4. The van der Waals surface area contributed by atoms with Gasteiger partial charge in [-0.1, -0.05) is 29.3 Å². The van der Waals surface area contributed by atoms with Crippen LogP contribution in [0.25, 0.3) is 22.3 Å². The van der Waals surface area contributed by atoms with Gasteiger partial charge in [-0.25, -0.2) is 14.6 Å². The lowest BCUT2D eigenvalue weighted by Gasteiger charge is -2.29. The monoisotopic (exact) mass is 617 g/mol. The number of nitriles is 1. The SMILES string of the molecule is COc1cc(-c2nn(C3CCC(NC(=O)/C(C#N)=C/C4CC4)CC3)c3ncnc(N)c23)ccc1Oc1ccc(Cl)c(Cl)c1. The number of allylic oxidation sites excluding steroid dienone is 1. The lowest BCUT2D eigenvalue weighted by atomic mass is 9.91. The molecule has 2 heterocycles. The van der Waals surface area contributed by atoms with Crippen molar-refractivity contribution < 1.29 is 14.3 Å². The van der Waals surface area contributed by atoms with E-state index in [0.717, 1.165) is 44.1 Å². The van der Waals surface area contributed by atoms with Crippen molar-refractivity contribution in [2.75, 3.05) is 12.8 Å². The number of hydrogen-bond acceptors (Lipinski definition) is 8. The van der Waals surface area contributed by atoms with E-state index >= 15 is 0 Å². The molecule has 6 rings (SSSR count). The summed E-state index contributed by atoms with van der Waals surface area (Å²) >= 11 is 12.2. The van der Waals surface area contributed by atoms with Gasteiger partial charge >= 0.3 is 0 Å². The van der Waals surface area contributed by atoms with Crippen molar-refractivity contribution in [3.63, 3.8) is 0 Å². The maximum atomic E-state index is 12.7. The van der Waals surface area contributed by atoms with E-state index in [1.165, 1.54) is 6.33 Å². The van der Waals surface area contributed by atoms with E-state index in [-0.39, 0.29) is 23.6 Å². The maximum absolute atomic E-state index is 12.7. The van der Waals surface area contributed by atoms with Gasteiger partial charge in [0, 0.05) is 17.7 Å². The average molecular weight is 619 g/mol. The Hall–Kier alpha value is -4.33. The van der Waals surface area contributed by atoms with Crippen LogP contribution in [0.5, 0.6) is 17.2 Å². The molecule has 12 heteroatoms. The maximum Gasteiger partial charge on any atom is 0.261 e. The molecule has 0 saturated heterocycles. The van der Waals surface area contributed by atoms with Crippen LogP contribution in [0.1, 0.15) is 44.6 Å². The standard InChI is InChI=1S/C31H29Cl2N7O3/c1-42-26-13-18(4-11-25(26)43-22-9-10-23(32)24(33)14-22)28-27-29(35)36-16-37-30(27)40(39-28)21-7-5-20(6-8-21)38-31(41)19(15-34)12-17-2-3-17/h4,9-14,16-17,20-21H,2-3,5-8H2,1H3,(H,38,41)(H2,35,36,37)/b19-12+. The highest BCUT2D eigenvalue weighted by Gasteiger charge is 2.29. The molecule has 0 bridgehead atoms. The lowest BCUT2D eigenvalue weighted by molar-refractivity contribution is -0.118. The second kappa shape index (κ2) is 12.1. The number of nitrogens with two attached hydrogens (primary N) is 1. The minimum Gasteiger partial charge on any atom is -0.493 e. The number of nitrogens with one attached hydrogen (secondary N) is 1. The molecule has 1 amide bonds. The molecule has 2 aliphatic carbocycles. The Morgan fingerprint density at radius 1 is 1.07 bits per heavy atom. The van der Waals surface area contributed by atoms with E-state index < -0.39 is 0 Å². The Labute approximate surface area is 258 Å². The summed E-state index contributed by atoms with van der Waals surface area (Å²) in [7, 11) is 1.56. The molecule has 0 unspecified atom stereocenters. The number of fused-ring (bicyclic) bond motifs is 1. The van der Waals surface area contributed by atoms with Crippen molar-refractivity contribution in [2.24, 2.45) is 5.92 Å². The molecule has 2 aromatic heterocycles. The summed E-state index contributed by atoms with van der Waals surface area (Å²) in [6.07, 6.45) is 8.38. The molecule has 220 valence electrons. The van der Waals surface area contributed by atoms with Gasteiger partial charge in [0.1, 0.15) is 35.2 Å². The minimum absolute atomic E-state index is 0.00646. The Bertz CT molecular complexity index is 1770. The van der Waals surface area contributed by atoms with Crippen molar-refractivity contribution in [1.29, 1.82) is 5.26 Å². The summed E-state index contributed by atoms with van der Waals surface area (Å²) in [5.41, 5.74) is 8.61. The molecule has 43 heavy (non-hydrogen) atoms. The molecule has 2 fully saturated rings. The Balaban J connectivity index is 1.24. The second-order valence-electron chi connectivity index (χ2n) is 10.8. The number of nitrogens with zero attached hydrogens (tertiary/aromatic N) is 5. The largest absolute Gasteiger partial charge is 0.493 e. The van der Waals surface area contributed by atoms with Crippen molar-refractivity contribution in [3.8, 4) is 34.6 Å². The number of methoxy groups -OCH3 is 1. The average Bonchev–Trinajstić information content (AvgIpc) is 3.75. The molecule has 2 aromatic carbocycles. The van der Waals surface area contributed by atoms with E-state index in [0.29, 0.717) is 55.8 Å². The highest BCUT2D eigenvalue weighted by atomic mass is 35.5. The Morgan fingerprint density at radius 2 is 1.86 bits per heavy atom. The molecule has 2 aliphatic rings. The fraction of sp³-hybridized carbons (Fsp3) is 0.323. The summed E-state index contributed by atoms with van der Waals surface area (Å²) < 4.78 is 13.6. The van der Waals surface area contributed by atoms with E-state index in [4.69, 9.17) is 43.5 Å². The molecule has 4 aromatic rings. The van der Waals surface area contributed by atoms with Gasteiger partial charge < -0.3 is 20.5 Å². The van der Waals surface area contributed by atoms with Crippen LogP contribution in [-0.2, 0) is 4.79 Å². The second-order valence-corrected chi connectivity index (χ2v) is 11.6. The van der Waals surface area contributed by atoms with Crippen LogP contribution in [0.3, 0.4) is 0 Å². The van der Waals surface area contributed by atoms with E-state index in [9.17, 15) is 10.1 Å². The molecule has 0 atom stereocenters. The number of halogens is 2. The van der Waals surface area contributed by atoms with E-state index in [2.05, 4.69) is 21.4 Å². The zero-order chi connectivity index (χ0) is 30.1. The smallest absolute Gasteiger partial charge is 0.261 e. The third-order valence-electron chi connectivity index (χ3n) is 7.84. The van der Waals surface area contributed by atoms with Crippen LogP contribution in [0.4, 0.5) is 5.82 Å². The van der Waals surface area contributed by atoms with Crippen LogP contribution >= 0.6 is 23.2 Å². The van der Waals surface area contributed by atoms with Crippen LogP contribution in [0.15, 0.2) is 54.4 Å². The molecular formula is C31H29Cl2N7O3. The number of hydrogen-bond donors (Lipinski definition) is 2. The van der Waals surface area contributed by atoms with E-state index in [1.807, 2.05) is 16.8 Å². The molecule has 0 radical (unpaired) electrons. The predicted octanol–water partition coefficient (Wildman–Crippen LogP) is 6.64. The topological polar surface area (TPSA) is 141 Å². The van der Waals surface area contributed by atoms with Gasteiger partial charge in [-0.15, -0.1) is 0 Å². The van der Waals surface area contributed by atoms with Gasteiger partial charge in [-0.05, 0) is 74.8 Å². The number of nitrogen functional groups attached to an aromatic ring is 1. The number of ether oxygens (including phenoxy) is 2. The predicted molar refractivity (Wildman–Crippen MR) is 164 cm³/mol. The minimum atomic E-state index is -0.286. The Kier molecular flexibility index (Phi) is 8.10. The third-order valence-corrected chi connectivity index (χ3v) is 8.58. The number of aromatic nitrogens is 4.